The van der Waals surface area contributed by atoms with Crippen molar-refractivity contribution in [2.24, 2.45) is 0 Å². The van der Waals surface area contributed by atoms with Crippen molar-refractivity contribution in [1.29, 1.82) is 0 Å². The van der Waals surface area contributed by atoms with Crippen molar-refractivity contribution in [2.75, 3.05) is 0 Å². The van der Waals surface area contributed by atoms with E-state index in [0.29, 0.717) is 5.69 Å². The molecule has 4 rings (SSSR count). The first-order chi connectivity index (χ1) is 13.6. The number of aryl methyl sites for hydroxylation is 3. The zero-order valence-corrected chi connectivity index (χ0v) is 16.1. The van der Waals surface area contributed by atoms with Crippen molar-refractivity contribution in [3.05, 3.63) is 95.1 Å². The van der Waals surface area contributed by atoms with Crippen molar-refractivity contribution in [3.8, 4) is 28.2 Å². The van der Waals surface area contributed by atoms with Crippen LogP contribution in [0.25, 0.3) is 33.0 Å². The summed E-state index contributed by atoms with van der Waals surface area (Å²) >= 11 is 0. The Labute approximate surface area is 164 Å². The third-order valence-electron chi connectivity index (χ3n) is 4.90. The molecule has 4 aromatic rings. The molecule has 1 aromatic heterocycles. The van der Waals surface area contributed by atoms with Crippen LogP contribution in [0.15, 0.2) is 66.7 Å². The molecular formula is C24H20N4. The molecule has 0 radical (unpaired) electrons. The van der Waals surface area contributed by atoms with Crippen LogP contribution in [0.1, 0.15) is 17.0 Å². The van der Waals surface area contributed by atoms with Crippen LogP contribution in [0.2, 0.25) is 0 Å². The van der Waals surface area contributed by atoms with Gasteiger partial charge in [0.1, 0.15) is 5.82 Å². The number of rotatable bonds is 3. The summed E-state index contributed by atoms with van der Waals surface area (Å²) in [5.41, 5.74) is 7.21. The van der Waals surface area contributed by atoms with Crippen LogP contribution >= 0.6 is 0 Å². The Balaban J connectivity index is 1.86. The zero-order valence-electron chi connectivity index (χ0n) is 16.1. The minimum atomic E-state index is 0.675. The van der Waals surface area contributed by atoms with Crippen LogP contribution in [0.5, 0.6) is 0 Å². The molecule has 1 heterocycles. The lowest BCUT2D eigenvalue weighted by Crippen LogP contribution is -1.99. The van der Waals surface area contributed by atoms with Crippen LogP contribution in [0.3, 0.4) is 0 Å². The molecule has 0 aliphatic rings. The zero-order chi connectivity index (χ0) is 19.7. The molecular weight excluding hydrogens is 344 g/mol. The van der Waals surface area contributed by atoms with Gasteiger partial charge in [0.15, 0.2) is 11.5 Å². The summed E-state index contributed by atoms with van der Waals surface area (Å²) in [4.78, 5) is 3.57. The number of hydrogen-bond acceptors (Lipinski definition) is 2. The molecule has 4 nitrogen and oxygen atoms in total. The molecule has 0 spiro atoms. The lowest BCUT2D eigenvalue weighted by atomic mass is 9.94. The summed E-state index contributed by atoms with van der Waals surface area (Å²) in [6.45, 7) is 13.3. The molecule has 0 fully saturated rings. The third kappa shape index (κ3) is 3.08. The Kier molecular flexibility index (Phi) is 4.50. The van der Waals surface area contributed by atoms with E-state index >= 15 is 0 Å². The Hall–Kier alpha value is -3.71. The van der Waals surface area contributed by atoms with E-state index in [4.69, 9.17) is 6.57 Å². The molecule has 0 aliphatic carbocycles. The van der Waals surface area contributed by atoms with Gasteiger partial charge in [-0.05, 0) is 50.1 Å². The number of nitrogens with zero attached hydrogens (tertiary/aromatic N) is 4. The average Bonchev–Trinajstić information content (AvgIpc) is 3.09. The Morgan fingerprint density at radius 2 is 1.46 bits per heavy atom. The maximum atomic E-state index is 7.27. The second kappa shape index (κ2) is 7.13. The Bertz CT molecular complexity index is 1170. The summed E-state index contributed by atoms with van der Waals surface area (Å²) in [6, 6.07) is 22.4. The van der Waals surface area contributed by atoms with Crippen LogP contribution < -0.4 is 0 Å². The molecule has 0 amide bonds. The van der Waals surface area contributed by atoms with E-state index in [9.17, 15) is 0 Å². The summed E-state index contributed by atoms with van der Waals surface area (Å²) in [5, 5.41) is 8.75. The van der Waals surface area contributed by atoms with Crippen LogP contribution in [-0.2, 0) is 0 Å². The Morgan fingerprint density at radius 1 is 0.786 bits per heavy atom. The fraction of sp³-hybridized carbons (Fsp3) is 0.125. The highest BCUT2D eigenvalue weighted by Gasteiger charge is 2.14. The second-order valence-corrected chi connectivity index (χ2v) is 6.89. The number of hydrogen-bond donors (Lipinski definition) is 0. The van der Waals surface area contributed by atoms with Crippen molar-refractivity contribution >= 4 is 5.69 Å². The van der Waals surface area contributed by atoms with Gasteiger partial charge in [-0.1, -0.05) is 59.7 Å². The van der Waals surface area contributed by atoms with Gasteiger partial charge in [0.25, 0.3) is 0 Å². The normalized spacial score (nSPS) is 10.6. The van der Waals surface area contributed by atoms with E-state index < -0.39 is 0 Å². The molecule has 0 N–H and O–H groups in total. The fourth-order valence-corrected chi connectivity index (χ4v) is 3.71. The first-order valence-electron chi connectivity index (χ1n) is 9.15. The van der Waals surface area contributed by atoms with Gasteiger partial charge in [-0.3, -0.25) is 4.57 Å². The topological polar surface area (TPSA) is 35.1 Å². The molecule has 0 saturated carbocycles. The fourth-order valence-electron chi connectivity index (χ4n) is 3.71. The van der Waals surface area contributed by atoms with E-state index in [1.54, 1.807) is 0 Å². The standard InChI is InChI=1S/C24H20N4/c1-16-13-21(25-4)14-17(2)23(16)19-9-8-10-20(15-19)24-27-26-18(3)28(24)22-11-6-5-7-12-22/h5-15H,1-3H3. The second-order valence-electron chi connectivity index (χ2n) is 6.89. The molecule has 0 atom stereocenters. The number of benzene rings is 3. The lowest BCUT2D eigenvalue weighted by Gasteiger charge is -2.13. The smallest absolute Gasteiger partial charge is 0.187 e. The van der Waals surface area contributed by atoms with Gasteiger partial charge < -0.3 is 0 Å². The Morgan fingerprint density at radius 3 is 2.14 bits per heavy atom. The van der Waals surface area contributed by atoms with E-state index in [0.717, 1.165) is 45.2 Å². The van der Waals surface area contributed by atoms with Gasteiger partial charge in [0.2, 0.25) is 0 Å². The van der Waals surface area contributed by atoms with Gasteiger partial charge in [0.05, 0.1) is 6.57 Å². The predicted octanol–water partition coefficient (Wildman–Crippen LogP) is 6.08. The maximum absolute atomic E-state index is 7.27. The number of aromatic nitrogens is 3. The molecule has 0 bridgehead atoms. The quantitative estimate of drug-likeness (QED) is 0.413. The highest BCUT2D eigenvalue weighted by Crippen LogP contribution is 2.33. The summed E-state index contributed by atoms with van der Waals surface area (Å²) in [6.07, 6.45) is 0. The molecule has 4 heteroatoms. The van der Waals surface area contributed by atoms with Crippen molar-refractivity contribution in [2.45, 2.75) is 20.8 Å². The van der Waals surface area contributed by atoms with Gasteiger partial charge in [-0.25, -0.2) is 4.85 Å². The third-order valence-corrected chi connectivity index (χ3v) is 4.90. The largest absolute Gasteiger partial charge is 0.279 e. The monoisotopic (exact) mass is 364 g/mol. The van der Waals surface area contributed by atoms with Crippen molar-refractivity contribution in [3.63, 3.8) is 0 Å². The molecule has 0 saturated heterocycles. The van der Waals surface area contributed by atoms with Gasteiger partial charge in [-0.15, -0.1) is 10.2 Å². The van der Waals surface area contributed by atoms with E-state index in [1.165, 1.54) is 0 Å². The van der Waals surface area contributed by atoms with Gasteiger partial charge in [-0.2, -0.15) is 0 Å². The van der Waals surface area contributed by atoms with E-state index in [2.05, 4.69) is 63.8 Å². The van der Waals surface area contributed by atoms with Gasteiger partial charge >= 0.3 is 0 Å². The summed E-state index contributed by atoms with van der Waals surface area (Å²) < 4.78 is 2.07. The van der Waals surface area contributed by atoms with E-state index in [-0.39, 0.29) is 0 Å². The molecule has 136 valence electrons. The minimum absolute atomic E-state index is 0.675. The lowest BCUT2D eigenvalue weighted by molar-refractivity contribution is 0.972. The molecule has 0 unspecified atom stereocenters. The van der Waals surface area contributed by atoms with Gasteiger partial charge in [0, 0.05) is 11.3 Å². The van der Waals surface area contributed by atoms with Crippen LogP contribution in [0, 0.1) is 27.3 Å². The first kappa shape index (κ1) is 17.7. The highest BCUT2D eigenvalue weighted by atomic mass is 15.3. The summed E-state index contributed by atoms with van der Waals surface area (Å²) in [5.74, 6) is 1.67. The van der Waals surface area contributed by atoms with E-state index in [1.807, 2.05) is 43.3 Å². The predicted molar refractivity (Wildman–Crippen MR) is 113 cm³/mol. The minimum Gasteiger partial charge on any atom is -0.279 e. The maximum Gasteiger partial charge on any atom is 0.187 e. The molecule has 0 aliphatic heterocycles. The van der Waals surface area contributed by atoms with Crippen LogP contribution in [0.4, 0.5) is 5.69 Å². The van der Waals surface area contributed by atoms with Crippen LogP contribution in [-0.4, -0.2) is 14.8 Å². The highest BCUT2D eigenvalue weighted by molar-refractivity contribution is 5.77. The average molecular weight is 364 g/mol. The SMILES string of the molecule is [C-]#[N+]c1cc(C)c(-c2cccc(-c3nnc(C)n3-c3ccccc3)c2)c(C)c1. The molecule has 3 aromatic carbocycles. The number of para-hydroxylation sites is 1. The molecule has 28 heavy (non-hydrogen) atoms. The first-order valence-corrected chi connectivity index (χ1v) is 9.15. The van der Waals surface area contributed by atoms with Crippen molar-refractivity contribution in [1.82, 2.24) is 14.8 Å². The van der Waals surface area contributed by atoms with Crippen molar-refractivity contribution < 1.29 is 0 Å². The summed E-state index contributed by atoms with van der Waals surface area (Å²) in [7, 11) is 0.